The van der Waals surface area contributed by atoms with Gasteiger partial charge in [0.25, 0.3) is 5.34 Å². The Bertz CT molecular complexity index is 1100. The topological polar surface area (TPSA) is 115 Å². The first-order chi connectivity index (χ1) is 17.1. The number of nitrogens with zero attached hydrogens (tertiary/aromatic N) is 1. The summed E-state index contributed by atoms with van der Waals surface area (Å²) in [5.41, 5.74) is 1.71. The molecule has 9 heteroatoms. The standard InChI is InChI=1S/C27H34NO6PS/c1-16-3-5-18(6-4-16)25(30)28(20-11-13-21(29)14-12-20)22-15-23(36-24(22)26(31)32)17-7-9-19(10-8-17)27(2,33)35-34/h7-10,15-16,18,20-21,29,33H,3-6,11-14H2,1-2H3,(H,31,32)/p+1. The molecule has 2 fully saturated rings. The van der Waals surface area contributed by atoms with Crippen molar-refractivity contribution in [3.05, 3.63) is 40.8 Å². The second-order valence-electron chi connectivity index (χ2n) is 10.5. The third-order valence-electron chi connectivity index (χ3n) is 7.73. The normalized spacial score (nSPS) is 26.3. The number of carbonyl (C=O) groups excluding carboxylic acids is 1. The van der Waals surface area contributed by atoms with Gasteiger partial charge in [-0.2, -0.15) is 0 Å². The molecule has 0 saturated heterocycles. The van der Waals surface area contributed by atoms with Gasteiger partial charge < -0.3 is 20.2 Å². The molecule has 1 heterocycles. The van der Waals surface area contributed by atoms with Crippen LogP contribution in [0, 0.1) is 11.8 Å². The summed E-state index contributed by atoms with van der Waals surface area (Å²) in [6.45, 7) is 3.69. The highest BCUT2D eigenvalue weighted by molar-refractivity contribution is 7.25. The van der Waals surface area contributed by atoms with E-state index in [1.165, 1.54) is 6.92 Å². The number of rotatable bonds is 7. The monoisotopic (exact) mass is 532 g/mol. The molecule has 4 rings (SSSR count). The number of aliphatic hydroxyl groups is 2. The first-order valence-electron chi connectivity index (χ1n) is 12.7. The number of aromatic carboxylic acids is 1. The van der Waals surface area contributed by atoms with Gasteiger partial charge in [-0.3, -0.25) is 4.79 Å². The fraction of sp³-hybridized carbons (Fsp3) is 0.556. The van der Waals surface area contributed by atoms with Crippen molar-refractivity contribution in [1.82, 2.24) is 0 Å². The Morgan fingerprint density at radius 1 is 1.03 bits per heavy atom. The van der Waals surface area contributed by atoms with E-state index in [0.29, 0.717) is 47.7 Å². The molecule has 2 saturated carbocycles. The van der Waals surface area contributed by atoms with E-state index in [2.05, 4.69) is 6.92 Å². The average molecular weight is 533 g/mol. The third kappa shape index (κ3) is 5.72. The van der Waals surface area contributed by atoms with Crippen molar-refractivity contribution in [2.24, 2.45) is 11.8 Å². The second kappa shape index (κ2) is 11.1. The zero-order valence-electron chi connectivity index (χ0n) is 20.8. The maximum atomic E-state index is 13.9. The van der Waals surface area contributed by atoms with Gasteiger partial charge in [0.05, 0.1) is 11.8 Å². The SMILES string of the molecule is CC1CCC(C(=O)N(c2cc(-c3ccc(C(C)(O)[PH+]=O)cc3)sc2C(=O)O)C2CCC(O)CC2)CC1. The van der Waals surface area contributed by atoms with Crippen LogP contribution in [0.1, 0.15) is 80.4 Å². The van der Waals surface area contributed by atoms with Crippen molar-refractivity contribution >= 4 is 37.4 Å². The van der Waals surface area contributed by atoms with Crippen molar-refractivity contribution in [3.63, 3.8) is 0 Å². The van der Waals surface area contributed by atoms with Gasteiger partial charge in [-0.25, -0.2) is 4.79 Å². The third-order valence-corrected chi connectivity index (χ3v) is 9.58. The Hall–Kier alpha value is -2.12. The number of anilines is 1. The molecular formula is C27H35NO6PS+. The maximum absolute atomic E-state index is 13.9. The van der Waals surface area contributed by atoms with Gasteiger partial charge in [0.2, 0.25) is 5.91 Å². The molecule has 36 heavy (non-hydrogen) atoms. The lowest BCUT2D eigenvalue weighted by atomic mass is 9.81. The smallest absolute Gasteiger partial charge is 0.364 e. The summed E-state index contributed by atoms with van der Waals surface area (Å²) in [5, 5.41) is 29.0. The first-order valence-corrected chi connectivity index (χ1v) is 14.4. The molecule has 1 aromatic heterocycles. The van der Waals surface area contributed by atoms with E-state index in [1.807, 2.05) is 0 Å². The van der Waals surface area contributed by atoms with Crippen LogP contribution in [0.4, 0.5) is 5.69 Å². The number of carboxylic acids is 1. The molecule has 1 aromatic carbocycles. The van der Waals surface area contributed by atoms with Gasteiger partial charge in [0, 0.05) is 29.3 Å². The van der Waals surface area contributed by atoms with Crippen LogP contribution in [0.3, 0.4) is 0 Å². The van der Waals surface area contributed by atoms with Crippen LogP contribution in [0.2, 0.25) is 0 Å². The summed E-state index contributed by atoms with van der Waals surface area (Å²) in [6.07, 6.45) is 5.70. The van der Waals surface area contributed by atoms with E-state index in [-0.39, 0.29) is 28.8 Å². The number of hydrogen-bond donors (Lipinski definition) is 3. The lowest BCUT2D eigenvalue weighted by Crippen LogP contribution is -2.47. The van der Waals surface area contributed by atoms with E-state index in [4.69, 9.17) is 0 Å². The van der Waals surface area contributed by atoms with Crippen LogP contribution in [-0.4, -0.2) is 39.3 Å². The number of amides is 1. The minimum atomic E-state index is -1.45. The molecule has 0 aliphatic heterocycles. The largest absolute Gasteiger partial charge is 0.477 e. The highest BCUT2D eigenvalue weighted by Crippen LogP contribution is 2.42. The predicted octanol–water partition coefficient (Wildman–Crippen LogP) is 5.77. The molecule has 2 aliphatic carbocycles. The van der Waals surface area contributed by atoms with Gasteiger partial charge in [0.1, 0.15) is 4.88 Å². The van der Waals surface area contributed by atoms with Gasteiger partial charge in [-0.15, -0.1) is 11.3 Å². The van der Waals surface area contributed by atoms with Crippen molar-refractivity contribution < 1.29 is 29.5 Å². The first kappa shape index (κ1) is 26.9. The molecule has 194 valence electrons. The Morgan fingerprint density at radius 3 is 2.19 bits per heavy atom. The van der Waals surface area contributed by atoms with Gasteiger partial charge in [-0.1, -0.05) is 35.8 Å². The number of benzene rings is 1. The Balaban J connectivity index is 1.72. The molecule has 0 radical (unpaired) electrons. The molecule has 0 bridgehead atoms. The molecule has 2 atom stereocenters. The van der Waals surface area contributed by atoms with Crippen molar-refractivity contribution in [3.8, 4) is 10.4 Å². The molecule has 3 N–H and O–H groups in total. The van der Waals surface area contributed by atoms with E-state index in [1.54, 1.807) is 35.2 Å². The summed E-state index contributed by atoms with van der Waals surface area (Å²) < 4.78 is 11.3. The molecule has 2 aliphatic rings. The summed E-state index contributed by atoms with van der Waals surface area (Å²) in [4.78, 5) is 28.8. The second-order valence-corrected chi connectivity index (χ2v) is 12.7. The van der Waals surface area contributed by atoms with E-state index in [9.17, 15) is 29.5 Å². The molecule has 2 aromatic rings. The Kier molecular flexibility index (Phi) is 8.30. The van der Waals surface area contributed by atoms with Gasteiger partial charge >= 0.3 is 14.4 Å². The fourth-order valence-electron chi connectivity index (χ4n) is 5.39. The number of hydrogen-bond acceptors (Lipinski definition) is 6. The number of thiophene rings is 1. The number of carbonyl (C=O) groups is 2. The minimum Gasteiger partial charge on any atom is -0.477 e. The summed E-state index contributed by atoms with van der Waals surface area (Å²) in [6, 6.07) is 8.58. The molecular weight excluding hydrogens is 497 g/mol. The quantitative estimate of drug-likeness (QED) is 0.390. The summed E-state index contributed by atoms with van der Waals surface area (Å²) in [5.74, 6) is -0.592. The highest BCUT2D eigenvalue weighted by Gasteiger charge is 2.37. The Labute approximate surface area is 217 Å². The van der Waals surface area contributed by atoms with Crippen LogP contribution in [0.15, 0.2) is 30.3 Å². The lowest BCUT2D eigenvalue weighted by molar-refractivity contribution is -0.124. The van der Waals surface area contributed by atoms with Crippen molar-refractivity contribution in [2.75, 3.05) is 4.90 Å². The zero-order valence-corrected chi connectivity index (χ0v) is 22.6. The van der Waals surface area contributed by atoms with Crippen LogP contribution >= 0.6 is 19.8 Å². The highest BCUT2D eigenvalue weighted by atomic mass is 32.1. The van der Waals surface area contributed by atoms with Crippen LogP contribution < -0.4 is 4.90 Å². The zero-order chi connectivity index (χ0) is 26.0. The van der Waals surface area contributed by atoms with Gasteiger partial charge in [0.15, 0.2) is 0 Å². The fourth-order valence-corrected chi connectivity index (χ4v) is 6.67. The van der Waals surface area contributed by atoms with Crippen molar-refractivity contribution in [2.45, 2.75) is 82.7 Å². The van der Waals surface area contributed by atoms with Crippen molar-refractivity contribution in [1.29, 1.82) is 0 Å². The molecule has 2 unspecified atom stereocenters. The van der Waals surface area contributed by atoms with E-state index < -0.39 is 19.8 Å². The van der Waals surface area contributed by atoms with Crippen LogP contribution in [0.25, 0.3) is 10.4 Å². The Morgan fingerprint density at radius 2 is 1.64 bits per heavy atom. The predicted molar refractivity (Wildman–Crippen MR) is 142 cm³/mol. The summed E-state index contributed by atoms with van der Waals surface area (Å²) in [7, 11) is -0.914. The lowest BCUT2D eigenvalue weighted by Gasteiger charge is -2.38. The van der Waals surface area contributed by atoms with Crippen LogP contribution in [0.5, 0.6) is 0 Å². The van der Waals surface area contributed by atoms with Crippen LogP contribution in [-0.2, 0) is 14.7 Å². The molecule has 7 nitrogen and oxygen atoms in total. The van der Waals surface area contributed by atoms with Gasteiger partial charge in [-0.05, 0) is 68.9 Å². The molecule has 1 amide bonds. The van der Waals surface area contributed by atoms with E-state index >= 15 is 0 Å². The maximum Gasteiger partial charge on any atom is 0.364 e. The number of carboxylic acid groups (broad SMARTS) is 1. The molecule has 0 spiro atoms. The number of aliphatic hydroxyl groups excluding tert-OH is 1. The summed E-state index contributed by atoms with van der Waals surface area (Å²) >= 11 is 1.13. The van der Waals surface area contributed by atoms with E-state index in [0.717, 1.165) is 42.6 Å². The average Bonchev–Trinajstić information content (AvgIpc) is 3.31. The minimum absolute atomic E-state index is 0.00188.